The van der Waals surface area contributed by atoms with Crippen molar-refractivity contribution in [1.29, 1.82) is 0 Å². The van der Waals surface area contributed by atoms with E-state index in [4.69, 9.17) is 14.7 Å². The Kier molecular flexibility index (Phi) is 3.83. The first kappa shape index (κ1) is 12.7. The molecule has 8 heteroatoms. The zero-order valence-corrected chi connectivity index (χ0v) is 9.09. The second-order valence-corrected chi connectivity index (χ2v) is 2.92. The van der Waals surface area contributed by atoms with E-state index in [0.717, 1.165) is 12.1 Å². The molecule has 0 heterocycles. The van der Waals surface area contributed by atoms with Crippen molar-refractivity contribution in [2.24, 2.45) is 0 Å². The summed E-state index contributed by atoms with van der Waals surface area (Å²) in [6, 6.07) is 2.16. The monoisotopic (exact) mass is 242 g/mol. The van der Waals surface area contributed by atoms with Gasteiger partial charge in [0.15, 0.2) is 11.5 Å². The number of hydroxylamine groups is 1. The number of carbonyl (C=O) groups is 1. The largest absolute Gasteiger partial charge is 0.493 e. The van der Waals surface area contributed by atoms with E-state index in [1.807, 2.05) is 0 Å². The van der Waals surface area contributed by atoms with Gasteiger partial charge in [-0.2, -0.15) is 0 Å². The summed E-state index contributed by atoms with van der Waals surface area (Å²) in [7, 11) is 2.64. The van der Waals surface area contributed by atoms with Crippen LogP contribution >= 0.6 is 0 Å². The highest BCUT2D eigenvalue weighted by atomic mass is 16.6. The molecular formula is C9H10N2O6. The maximum absolute atomic E-state index is 11.2. The van der Waals surface area contributed by atoms with Gasteiger partial charge >= 0.3 is 0 Å². The number of nitrogens with zero attached hydrogens (tertiary/aromatic N) is 1. The van der Waals surface area contributed by atoms with E-state index in [-0.39, 0.29) is 17.1 Å². The predicted molar refractivity (Wildman–Crippen MR) is 55.5 cm³/mol. The molecule has 0 aliphatic carbocycles. The Morgan fingerprint density at radius 2 is 1.88 bits per heavy atom. The van der Waals surface area contributed by atoms with Crippen LogP contribution < -0.4 is 15.0 Å². The van der Waals surface area contributed by atoms with E-state index >= 15 is 0 Å². The number of amides is 1. The van der Waals surface area contributed by atoms with Gasteiger partial charge in [-0.05, 0) is 0 Å². The molecule has 0 unspecified atom stereocenters. The molecule has 0 saturated carbocycles. The van der Waals surface area contributed by atoms with Gasteiger partial charge in [-0.1, -0.05) is 0 Å². The first-order valence-electron chi connectivity index (χ1n) is 4.40. The maximum atomic E-state index is 11.2. The number of nitro benzene ring substituents is 1. The third-order valence-electron chi connectivity index (χ3n) is 2.04. The van der Waals surface area contributed by atoms with E-state index in [1.54, 1.807) is 0 Å². The van der Waals surface area contributed by atoms with Crippen molar-refractivity contribution in [2.75, 3.05) is 14.2 Å². The highest BCUT2D eigenvalue weighted by Crippen LogP contribution is 2.34. The van der Waals surface area contributed by atoms with Crippen LogP contribution in [0, 0.1) is 10.1 Å². The molecule has 2 N–H and O–H groups in total. The topological polar surface area (TPSA) is 111 Å². The highest BCUT2D eigenvalue weighted by molar-refractivity contribution is 5.98. The second kappa shape index (κ2) is 5.12. The molecule has 0 spiro atoms. The average Bonchev–Trinajstić information content (AvgIpc) is 2.35. The summed E-state index contributed by atoms with van der Waals surface area (Å²) in [6.07, 6.45) is 0. The molecule has 0 bridgehead atoms. The Hall–Kier alpha value is -2.35. The molecule has 1 aromatic rings. The molecule has 0 aromatic heterocycles. The molecule has 0 saturated heterocycles. The molecule has 17 heavy (non-hydrogen) atoms. The molecular weight excluding hydrogens is 232 g/mol. The lowest BCUT2D eigenvalue weighted by atomic mass is 10.1. The fourth-order valence-electron chi connectivity index (χ4n) is 1.26. The predicted octanol–water partition coefficient (Wildman–Crippen LogP) is 0.731. The zero-order valence-electron chi connectivity index (χ0n) is 9.09. The van der Waals surface area contributed by atoms with Crippen molar-refractivity contribution >= 4 is 11.6 Å². The van der Waals surface area contributed by atoms with Crippen molar-refractivity contribution in [3.8, 4) is 11.5 Å². The van der Waals surface area contributed by atoms with Crippen LogP contribution in [-0.2, 0) is 0 Å². The van der Waals surface area contributed by atoms with Crippen molar-refractivity contribution < 1.29 is 24.4 Å². The first-order chi connectivity index (χ1) is 8.04. The van der Waals surface area contributed by atoms with E-state index < -0.39 is 16.5 Å². The summed E-state index contributed by atoms with van der Waals surface area (Å²) in [5.74, 6) is -0.733. The zero-order chi connectivity index (χ0) is 13.0. The summed E-state index contributed by atoms with van der Waals surface area (Å²) in [4.78, 5) is 21.2. The van der Waals surface area contributed by atoms with E-state index in [9.17, 15) is 14.9 Å². The summed E-state index contributed by atoms with van der Waals surface area (Å²) < 4.78 is 9.77. The summed E-state index contributed by atoms with van der Waals surface area (Å²) in [5, 5.41) is 19.2. The molecule has 92 valence electrons. The van der Waals surface area contributed by atoms with Crippen LogP contribution in [0.5, 0.6) is 11.5 Å². The average molecular weight is 242 g/mol. The van der Waals surface area contributed by atoms with E-state index in [0.29, 0.717) is 0 Å². The number of hydrogen-bond donors (Lipinski definition) is 2. The number of hydrogen-bond acceptors (Lipinski definition) is 6. The quantitative estimate of drug-likeness (QED) is 0.457. The third kappa shape index (κ3) is 2.42. The maximum Gasteiger partial charge on any atom is 0.286 e. The van der Waals surface area contributed by atoms with Crippen LogP contribution in [0.4, 0.5) is 5.69 Å². The lowest BCUT2D eigenvalue weighted by Gasteiger charge is -2.09. The minimum absolute atomic E-state index is 0.119. The second-order valence-electron chi connectivity index (χ2n) is 2.92. The lowest BCUT2D eigenvalue weighted by Crippen LogP contribution is -2.20. The fraction of sp³-hybridized carbons (Fsp3) is 0.222. The first-order valence-corrected chi connectivity index (χ1v) is 4.40. The number of carbonyl (C=O) groups excluding carboxylic acids is 1. The molecule has 0 fully saturated rings. The molecule has 1 aromatic carbocycles. The normalized spacial score (nSPS) is 9.59. The van der Waals surface area contributed by atoms with Crippen LogP contribution in [-0.4, -0.2) is 30.3 Å². The summed E-state index contributed by atoms with van der Waals surface area (Å²) >= 11 is 0. The van der Waals surface area contributed by atoms with Crippen LogP contribution in [0.2, 0.25) is 0 Å². The number of nitro groups is 1. The highest BCUT2D eigenvalue weighted by Gasteiger charge is 2.24. The number of rotatable bonds is 4. The molecule has 0 aliphatic rings. The lowest BCUT2D eigenvalue weighted by molar-refractivity contribution is -0.385. The molecule has 1 amide bonds. The van der Waals surface area contributed by atoms with Crippen molar-refractivity contribution in [2.45, 2.75) is 0 Å². The Bertz CT molecular complexity index is 459. The number of nitrogens with one attached hydrogen (secondary N) is 1. The number of benzene rings is 1. The van der Waals surface area contributed by atoms with Gasteiger partial charge in [0.2, 0.25) is 0 Å². The van der Waals surface area contributed by atoms with Gasteiger partial charge < -0.3 is 9.47 Å². The standard InChI is InChI=1S/C9H10N2O6/c1-16-7-3-5(9(12)10-13)6(11(14)15)4-8(7)17-2/h3-4,13H,1-2H3,(H,10,12). The number of methoxy groups -OCH3 is 2. The van der Waals surface area contributed by atoms with Gasteiger partial charge in [0.05, 0.1) is 25.2 Å². The van der Waals surface area contributed by atoms with Crippen LogP contribution in [0.1, 0.15) is 10.4 Å². The Morgan fingerprint density at radius 1 is 1.35 bits per heavy atom. The van der Waals surface area contributed by atoms with Gasteiger partial charge in [-0.25, -0.2) is 5.48 Å². The van der Waals surface area contributed by atoms with Crippen molar-refractivity contribution in [3.05, 3.63) is 27.8 Å². The van der Waals surface area contributed by atoms with E-state index in [2.05, 4.69) is 0 Å². The Balaban J connectivity index is 3.45. The molecule has 0 aliphatic heterocycles. The minimum Gasteiger partial charge on any atom is -0.493 e. The summed E-state index contributed by atoms with van der Waals surface area (Å²) in [6.45, 7) is 0. The van der Waals surface area contributed by atoms with Crippen LogP contribution in [0.25, 0.3) is 0 Å². The van der Waals surface area contributed by atoms with Gasteiger partial charge in [-0.3, -0.25) is 20.1 Å². The fourth-order valence-corrected chi connectivity index (χ4v) is 1.26. The summed E-state index contributed by atoms with van der Waals surface area (Å²) in [5.41, 5.74) is 0.510. The number of ether oxygens (including phenoxy) is 2. The molecule has 0 atom stereocenters. The minimum atomic E-state index is -1.00. The van der Waals surface area contributed by atoms with Crippen molar-refractivity contribution in [3.63, 3.8) is 0 Å². The van der Waals surface area contributed by atoms with Gasteiger partial charge in [-0.15, -0.1) is 0 Å². The Morgan fingerprint density at radius 3 is 2.29 bits per heavy atom. The van der Waals surface area contributed by atoms with Crippen LogP contribution in [0.15, 0.2) is 12.1 Å². The molecule has 8 nitrogen and oxygen atoms in total. The molecule has 0 radical (unpaired) electrons. The van der Waals surface area contributed by atoms with E-state index in [1.165, 1.54) is 19.7 Å². The smallest absolute Gasteiger partial charge is 0.286 e. The molecule has 1 rings (SSSR count). The van der Waals surface area contributed by atoms with Crippen LogP contribution in [0.3, 0.4) is 0 Å². The van der Waals surface area contributed by atoms with Crippen molar-refractivity contribution in [1.82, 2.24) is 5.48 Å². The van der Waals surface area contributed by atoms with Gasteiger partial charge in [0, 0.05) is 6.07 Å². The van der Waals surface area contributed by atoms with Gasteiger partial charge in [0.25, 0.3) is 11.6 Å². The Labute approximate surface area is 95.9 Å². The SMILES string of the molecule is COc1cc(C(=O)NO)c([N+](=O)[O-])cc1OC. The third-order valence-corrected chi connectivity index (χ3v) is 2.04. The van der Waals surface area contributed by atoms with Gasteiger partial charge in [0.1, 0.15) is 5.56 Å².